The molecule has 1 aromatic rings. The molecule has 0 aliphatic heterocycles. The molecule has 0 atom stereocenters. The smallest absolute Gasteiger partial charge is 0.315 e. The second-order valence-corrected chi connectivity index (χ2v) is 4.68. The van der Waals surface area contributed by atoms with Crippen LogP contribution in [0.3, 0.4) is 0 Å². The van der Waals surface area contributed by atoms with Crippen molar-refractivity contribution in [1.82, 2.24) is 10.6 Å². The average Bonchev–Trinajstić information content (AvgIpc) is 2.42. The van der Waals surface area contributed by atoms with Crippen LogP contribution in [0.2, 0.25) is 0 Å². The SMILES string of the molecule is COc1cc(CNC(=O)NCC(C)C)cc(OC)c1. The van der Waals surface area contributed by atoms with E-state index in [0.717, 1.165) is 5.56 Å². The maximum absolute atomic E-state index is 11.5. The molecule has 2 amide bonds. The molecule has 1 rings (SSSR count). The van der Waals surface area contributed by atoms with E-state index in [0.29, 0.717) is 30.5 Å². The van der Waals surface area contributed by atoms with Crippen LogP contribution in [0, 0.1) is 5.92 Å². The highest BCUT2D eigenvalue weighted by Gasteiger charge is 2.04. The van der Waals surface area contributed by atoms with Crippen molar-refractivity contribution >= 4 is 6.03 Å². The van der Waals surface area contributed by atoms with E-state index in [-0.39, 0.29) is 6.03 Å². The Morgan fingerprint density at radius 1 is 1.11 bits per heavy atom. The highest BCUT2D eigenvalue weighted by Crippen LogP contribution is 2.22. The van der Waals surface area contributed by atoms with E-state index in [1.807, 2.05) is 26.0 Å². The maximum Gasteiger partial charge on any atom is 0.315 e. The van der Waals surface area contributed by atoms with Gasteiger partial charge in [-0.05, 0) is 23.6 Å². The molecule has 0 bridgehead atoms. The molecule has 0 heterocycles. The molecule has 106 valence electrons. The van der Waals surface area contributed by atoms with Gasteiger partial charge in [-0.15, -0.1) is 0 Å². The van der Waals surface area contributed by atoms with Gasteiger partial charge in [-0.3, -0.25) is 0 Å². The number of hydrogen-bond acceptors (Lipinski definition) is 3. The van der Waals surface area contributed by atoms with Crippen molar-refractivity contribution in [1.29, 1.82) is 0 Å². The summed E-state index contributed by atoms with van der Waals surface area (Å²) < 4.78 is 10.3. The molecule has 0 saturated carbocycles. The summed E-state index contributed by atoms with van der Waals surface area (Å²) in [6.45, 7) is 5.19. The van der Waals surface area contributed by atoms with Crippen LogP contribution in [-0.2, 0) is 6.54 Å². The zero-order valence-corrected chi connectivity index (χ0v) is 11.9. The molecule has 19 heavy (non-hydrogen) atoms. The zero-order chi connectivity index (χ0) is 14.3. The Morgan fingerprint density at radius 2 is 1.68 bits per heavy atom. The average molecular weight is 266 g/mol. The number of rotatable bonds is 6. The normalized spacial score (nSPS) is 10.2. The third-order valence-electron chi connectivity index (χ3n) is 2.54. The minimum Gasteiger partial charge on any atom is -0.497 e. The van der Waals surface area contributed by atoms with Crippen molar-refractivity contribution in [2.45, 2.75) is 20.4 Å². The molecule has 2 N–H and O–H groups in total. The number of urea groups is 1. The lowest BCUT2D eigenvalue weighted by Gasteiger charge is -2.11. The number of amides is 2. The first-order valence-corrected chi connectivity index (χ1v) is 6.28. The maximum atomic E-state index is 11.5. The van der Waals surface area contributed by atoms with Crippen LogP contribution in [0.1, 0.15) is 19.4 Å². The van der Waals surface area contributed by atoms with E-state index in [9.17, 15) is 4.79 Å². The van der Waals surface area contributed by atoms with Crippen LogP contribution in [-0.4, -0.2) is 26.8 Å². The fourth-order valence-corrected chi connectivity index (χ4v) is 1.51. The Kier molecular flexibility index (Phi) is 5.99. The first-order valence-electron chi connectivity index (χ1n) is 6.28. The molecular weight excluding hydrogens is 244 g/mol. The summed E-state index contributed by atoms with van der Waals surface area (Å²) in [4.78, 5) is 11.5. The molecule has 0 spiro atoms. The number of carbonyl (C=O) groups excluding carboxylic acids is 1. The summed E-state index contributed by atoms with van der Waals surface area (Å²) in [6, 6.07) is 5.36. The van der Waals surface area contributed by atoms with Gasteiger partial charge in [-0.2, -0.15) is 0 Å². The predicted molar refractivity (Wildman–Crippen MR) is 74.6 cm³/mol. The third-order valence-corrected chi connectivity index (χ3v) is 2.54. The first-order chi connectivity index (χ1) is 9.05. The van der Waals surface area contributed by atoms with Crippen molar-refractivity contribution in [2.24, 2.45) is 5.92 Å². The van der Waals surface area contributed by atoms with Gasteiger partial charge >= 0.3 is 6.03 Å². The molecular formula is C14H22N2O3. The number of benzene rings is 1. The summed E-state index contributed by atoms with van der Waals surface area (Å²) in [5.41, 5.74) is 0.927. The van der Waals surface area contributed by atoms with Crippen molar-refractivity contribution < 1.29 is 14.3 Å². The van der Waals surface area contributed by atoms with Crippen LogP contribution in [0.15, 0.2) is 18.2 Å². The van der Waals surface area contributed by atoms with Crippen LogP contribution in [0.5, 0.6) is 11.5 Å². The van der Waals surface area contributed by atoms with E-state index >= 15 is 0 Å². The standard InChI is InChI=1S/C14H22N2O3/c1-10(2)8-15-14(17)16-9-11-5-12(18-3)7-13(6-11)19-4/h5-7,10H,8-9H2,1-4H3,(H2,15,16,17). The Bertz CT molecular complexity index is 397. The monoisotopic (exact) mass is 266 g/mol. The highest BCUT2D eigenvalue weighted by molar-refractivity contribution is 5.73. The summed E-state index contributed by atoms with van der Waals surface area (Å²) in [7, 11) is 3.20. The van der Waals surface area contributed by atoms with Gasteiger partial charge in [0.25, 0.3) is 0 Å². The fraction of sp³-hybridized carbons (Fsp3) is 0.500. The van der Waals surface area contributed by atoms with Crippen molar-refractivity contribution in [2.75, 3.05) is 20.8 Å². The lowest BCUT2D eigenvalue weighted by molar-refractivity contribution is 0.239. The predicted octanol–water partition coefficient (Wildman–Crippen LogP) is 2.16. The number of ether oxygens (including phenoxy) is 2. The largest absolute Gasteiger partial charge is 0.497 e. The van der Waals surface area contributed by atoms with Gasteiger partial charge < -0.3 is 20.1 Å². The lowest BCUT2D eigenvalue weighted by atomic mass is 10.2. The topological polar surface area (TPSA) is 59.6 Å². The van der Waals surface area contributed by atoms with Crippen LogP contribution in [0.25, 0.3) is 0 Å². The van der Waals surface area contributed by atoms with Gasteiger partial charge in [0.1, 0.15) is 11.5 Å². The second-order valence-electron chi connectivity index (χ2n) is 4.68. The van der Waals surface area contributed by atoms with Gasteiger partial charge in [0, 0.05) is 19.2 Å². The van der Waals surface area contributed by atoms with E-state index in [1.165, 1.54) is 0 Å². The minimum absolute atomic E-state index is 0.171. The van der Waals surface area contributed by atoms with Crippen LogP contribution in [0.4, 0.5) is 4.79 Å². The molecule has 0 fully saturated rings. The van der Waals surface area contributed by atoms with E-state index in [1.54, 1.807) is 20.3 Å². The quantitative estimate of drug-likeness (QED) is 0.829. The Labute approximate surface area is 114 Å². The molecule has 1 aromatic carbocycles. The Morgan fingerprint density at radius 3 is 2.16 bits per heavy atom. The molecule has 0 radical (unpaired) electrons. The molecule has 5 nitrogen and oxygen atoms in total. The number of hydrogen-bond donors (Lipinski definition) is 2. The van der Waals surface area contributed by atoms with Crippen molar-refractivity contribution in [3.8, 4) is 11.5 Å². The first kappa shape index (κ1) is 15.1. The van der Waals surface area contributed by atoms with Crippen molar-refractivity contribution in [3.63, 3.8) is 0 Å². The third kappa shape index (κ3) is 5.50. The van der Waals surface area contributed by atoms with Gasteiger partial charge in [0.05, 0.1) is 14.2 Å². The molecule has 0 aliphatic carbocycles. The number of methoxy groups -OCH3 is 2. The van der Waals surface area contributed by atoms with Gasteiger partial charge in [-0.25, -0.2) is 4.79 Å². The molecule has 5 heteroatoms. The Hall–Kier alpha value is -1.91. The van der Waals surface area contributed by atoms with Gasteiger partial charge in [0.15, 0.2) is 0 Å². The summed E-state index contributed by atoms with van der Waals surface area (Å²) in [5.74, 6) is 1.85. The van der Waals surface area contributed by atoms with Crippen LogP contribution >= 0.6 is 0 Å². The minimum atomic E-state index is -0.171. The fourth-order valence-electron chi connectivity index (χ4n) is 1.51. The van der Waals surface area contributed by atoms with E-state index in [2.05, 4.69) is 10.6 Å². The molecule has 0 saturated heterocycles. The Balaban J connectivity index is 2.54. The molecule has 0 aliphatic rings. The van der Waals surface area contributed by atoms with Crippen molar-refractivity contribution in [3.05, 3.63) is 23.8 Å². The summed E-state index contributed by atoms with van der Waals surface area (Å²) >= 11 is 0. The zero-order valence-electron chi connectivity index (χ0n) is 11.9. The second kappa shape index (κ2) is 7.51. The summed E-state index contributed by atoms with van der Waals surface area (Å²) in [6.07, 6.45) is 0. The molecule has 0 aromatic heterocycles. The molecule has 0 unspecified atom stereocenters. The number of carbonyl (C=O) groups is 1. The van der Waals surface area contributed by atoms with E-state index < -0.39 is 0 Å². The van der Waals surface area contributed by atoms with Gasteiger partial charge in [-0.1, -0.05) is 13.8 Å². The summed E-state index contributed by atoms with van der Waals surface area (Å²) in [5, 5.41) is 5.59. The van der Waals surface area contributed by atoms with Gasteiger partial charge in [0.2, 0.25) is 0 Å². The highest BCUT2D eigenvalue weighted by atomic mass is 16.5. The number of nitrogens with one attached hydrogen (secondary N) is 2. The van der Waals surface area contributed by atoms with E-state index in [4.69, 9.17) is 9.47 Å². The van der Waals surface area contributed by atoms with Crippen LogP contribution < -0.4 is 20.1 Å². The lowest BCUT2D eigenvalue weighted by Crippen LogP contribution is -2.37.